The predicted octanol–water partition coefficient (Wildman–Crippen LogP) is 3.60. The Labute approximate surface area is 162 Å². The van der Waals surface area contributed by atoms with Crippen molar-refractivity contribution in [2.24, 2.45) is 5.92 Å². The van der Waals surface area contributed by atoms with Crippen LogP contribution in [0.3, 0.4) is 0 Å². The minimum Gasteiger partial charge on any atom is -0.496 e. The highest BCUT2D eigenvalue weighted by atomic mass is 35.5. The Kier molecular flexibility index (Phi) is 4.09. The van der Waals surface area contributed by atoms with Crippen LogP contribution in [-0.2, 0) is 5.60 Å². The molecule has 1 aromatic heterocycles. The Bertz CT molecular complexity index is 960. The minimum absolute atomic E-state index is 0.214. The average molecular weight is 390 g/mol. The summed E-state index contributed by atoms with van der Waals surface area (Å²) in [5.74, 6) is 0.340. The van der Waals surface area contributed by atoms with Crippen molar-refractivity contribution in [3.8, 4) is 17.2 Å². The first-order chi connectivity index (χ1) is 12.8. The molecule has 1 N–H and O–H groups in total. The third-order valence-corrected chi connectivity index (χ3v) is 5.82. The van der Waals surface area contributed by atoms with E-state index >= 15 is 0 Å². The number of Topliss-reactive ketones (excluding diaryl/α,β-unsaturated/α-hetero) is 1. The van der Waals surface area contributed by atoms with Crippen molar-refractivity contribution >= 4 is 17.4 Å². The van der Waals surface area contributed by atoms with Crippen LogP contribution in [0.2, 0.25) is 5.02 Å². The maximum absolute atomic E-state index is 13.7. The van der Waals surface area contributed by atoms with Crippen molar-refractivity contribution in [2.75, 3.05) is 14.2 Å². The number of benzene rings is 1. The molecule has 0 saturated heterocycles. The first kappa shape index (κ1) is 18.1. The molecule has 0 fully saturated rings. The monoisotopic (exact) mass is 389 g/mol. The number of nitrogens with zero attached hydrogens (tertiary/aromatic N) is 1. The van der Waals surface area contributed by atoms with Gasteiger partial charge in [0.25, 0.3) is 0 Å². The fourth-order valence-electron chi connectivity index (χ4n) is 4.08. The molecule has 0 amide bonds. The summed E-state index contributed by atoms with van der Waals surface area (Å²) in [5.41, 5.74) is 0.693. The Morgan fingerprint density at radius 2 is 2.00 bits per heavy atom. The molecule has 0 bridgehead atoms. The van der Waals surface area contributed by atoms with Gasteiger partial charge < -0.3 is 19.3 Å². The van der Waals surface area contributed by atoms with E-state index in [0.29, 0.717) is 29.2 Å². The normalized spacial score (nSPS) is 25.8. The molecule has 1 aliphatic heterocycles. The van der Waals surface area contributed by atoms with E-state index in [9.17, 15) is 9.90 Å². The number of aromatic nitrogens is 1. The Hall–Kier alpha value is -2.31. The number of aliphatic hydroxyl groups excluding tert-OH is 1. The summed E-state index contributed by atoms with van der Waals surface area (Å²) in [4.78, 5) is 18.3. The molecule has 2 aliphatic rings. The van der Waals surface area contributed by atoms with Crippen molar-refractivity contribution in [2.45, 2.75) is 32.0 Å². The number of carbonyl (C=O) groups is 1. The minimum atomic E-state index is -1.35. The fourth-order valence-corrected chi connectivity index (χ4v) is 4.34. The van der Waals surface area contributed by atoms with Gasteiger partial charge in [-0.05, 0) is 19.4 Å². The molecule has 0 saturated carbocycles. The highest BCUT2D eigenvalue weighted by molar-refractivity contribution is 6.35. The van der Waals surface area contributed by atoms with Gasteiger partial charge in [0.2, 0.25) is 11.4 Å². The summed E-state index contributed by atoms with van der Waals surface area (Å²) < 4.78 is 17.0. The highest BCUT2D eigenvalue weighted by Crippen LogP contribution is 2.57. The molecule has 7 heteroatoms. The summed E-state index contributed by atoms with van der Waals surface area (Å²) in [6, 6.07) is 5.19. The fraction of sp³-hybridized carbons (Fsp3) is 0.400. The lowest BCUT2D eigenvalue weighted by Crippen LogP contribution is -2.48. The van der Waals surface area contributed by atoms with Gasteiger partial charge >= 0.3 is 0 Å². The Morgan fingerprint density at radius 1 is 1.30 bits per heavy atom. The number of rotatable bonds is 2. The van der Waals surface area contributed by atoms with Gasteiger partial charge in [-0.15, -0.1) is 0 Å². The second-order valence-corrected chi connectivity index (χ2v) is 7.39. The maximum atomic E-state index is 13.7. The molecule has 142 valence electrons. The molecule has 0 radical (unpaired) electrons. The number of ether oxygens (including phenoxy) is 3. The molecular formula is C20H20ClNO5. The van der Waals surface area contributed by atoms with Gasteiger partial charge in [0.05, 0.1) is 26.0 Å². The Morgan fingerprint density at radius 3 is 2.67 bits per heavy atom. The number of fused-ring (bicyclic) bond motifs is 3. The number of carbonyl (C=O) groups excluding carboxylic acids is 1. The lowest BCUT2D eigenvalue weighted by molar-refractivity contribution is -0.00616. The molecule has 0 unspecified atom stereocenters. The van der Waals surface area contributed by atoms with Gasteiger partial charge in [0, 0.05) is 23.2 Å². The number of pyridine rings is 1. The van der Waals surface area contributed by atoms with Crippen LogP contribution in [0.4, 0.5) is 0 Å². The topological polar surface area (TPSA) is 77.9 Å². The molecule has 6 nitrogen and oxygen atoms in total. The maximum Gasteiger partial charge on any atom is 0.220 e. The van der Waals surface area contributed by atoms with Gasteiger partial charge in [0.15, 0.2) is 5.75 Å². The van der Waals surface area contributed by atoms with Crippen LogP contribution in [0.25, 0.3) is 0 Å². The summed E-state index contributed by atoms with van der Waals surface area (Å²) in [6.07, 6.45) is -0.338. The van der Waals surface area contributed by atoms with Crippen LogP contribution in [-0.4, -0.2) is 30.1 Å². The molecule has 27 heavy (non-hydrogen) atoms. The van der Waals surface area contributed by atoms with Gasteiger partial charge in [-0.2, -0.15) is 0 Å². The van der Waals surface area contributed by atoms with Crippen molar-refractivity contribution in [3.05, 3.63) is 45.7 Å². The average Bonchev–Trinajstić information content (AvgIpc) is 2.96. The Balaban J connectivity index is 2.01. The number of ketones is 1. The lowest BCUT2D eigenvalue weighted by Gasteiger charge is -2.40. The summed E-state index contributed by atoms with van der Waals surface area (Å²) in [5, 5.41) is 10.7. The van der Waals surface area contributed by atoms with Crippen LogP contribution in [0.5, 0.6) is 17.2 Å². The number of halogens is 1. The predicted molar refractivity (Wildman–Crippen MR) is 98.9 cm³/mol. The first-order valence-electron chi connectivity index (χ1n) is 8.69. The van der Waals surface area contributed by atoms with Gasteiger partial charge in [-0.25, -0.2) is 0 Å². The zero-order valence-corrected chi connectivity index (χ0v) is 16.3. The molecule has 1 aliphatic carbocycles. The number of hydrogen-bond donors (Lipinski definition) is 1. The van der Waals surface area contributed by atoms with E-state index in [-0.39, 0.29) is 28.0 Å². The van der Waals surface area contributed by atoms with Gasteiger partial charge in [0.1, 0.15) is 22.1 Å². The van der Waals surface area contributed by atoms with E-state index in [1.807, 2.05) is 19.9 Å². The largest absolute Gasteiger partial charge is 0.496 e. The van der Waals surface area contributed by atoms with E-state index in [0.717, 1.165) is 5.69 Å². The molecular weight excluding hydrogens is 370 g/mol. The van der Waals surface area contributed by atoms with E-state index < -0.39 is 11.7 Å². The van der Waals surface area contributed by atoms with Crippen LogP contribution in [0.15, 0.2) is 18.2 Å². The van der Waals surface area contributed by atoms with E-state index in [1.165, 1.54) is 14.2 Å². The molecule has 2 heterocycles. The molecule has 2 aromatic rings. The zero-order valence-electron chi connectivity index (χ0n) is 15.5. The highest BCUT2D eigenvalue weighted by Gasteiger charge is 2.60. The SMILES string of the molecule is COc1cc(OC)c2c(c1Cl)O[C@]1(C2=O)c2nc(C)ccc2[C@H](O)C[C@H]1C. The van der Waals surface area contributed by atoms with Crippen molar-refractivity contribution in [1.29, 1.82) is 0 Å². The molecule has 3 atom stereocenters. The van der Waals surface area contributed by atoms with Crippen LogP contribution < -0.4 is 14.2 Å². The second kappa shape index (κ2) is 6.11. The molecule has 1 spiro atoms. The van der Waals surface area contributed by atoms with E-state index in [2.05, 4.69) is 4.98 Å². The van der Waals surface area contributed by atoms with Crippen LogP contribution in [0, 0.1) is 12.8 Å². The van der Waals surface area contributed by atoms with Crippen molar-refractivity contribution in [3.63, 3.8) is 0 Å². The van der Waals surface area contributed by atoms with Crippen molar-refractivity contribution in [1.82, 2.24) is 4.98 Å². The lowest BCUT2D eigenvalue weighted by atomic mass is 9.71. The van der Waals surface area contributed by atoms with E-state index in [4.69, 9.17) is 25.8 Å². The summed E-state index contributed by atoms with van der Waals surface area (Å²) in [7, 11) is 2.96. The number of methoxy groups -OCH3 is 2. The summed E-state index contributed by atoms with van der Waals surface area (Å²) >= 11 is 6.46. The third-order valence-electron chi connectivity index (χ3n) is 5.47. The van der Waals surface area contributed by atoms with Crippen LogP contribution in [0.1, 0.15) is 46.8 Å². The quantitative estimate of drug-likeness (QED) is 0.845. The van der Waals surface area contributed by atoms with Crippen LogP contribution >= 0.6 is 11.6 Å². The number of hydrogen-bond acceptors (Lipinski definition) is 6. The van der Waals surface area contributed by atoms with E-state index in [1.54, 1.807) is 12.1 Å². The summed E-state index contributed by atoms with van der Waals surface area (Å²) in [6.45, 7) is 3.71. The van der Waals surface area contributed by atoms with Gasteiger partial charge in [-0.3, -0.25) is 9.78 Å². The number of aliphatic hydroxyl groups is 1. The van der Waals surface area contributed by atoms with Gasteiger partial charge in [-0.1, -0.05) is 24.6 Å². The smallest absolute Gasteiger partial charge is 0.220 e. The molecule has 4 rings (SSSR count). The molecule has 1 aromatic carbocycles. The standard InChI is InChI=1S/C20H20ClNO5/c1-9-7-12(23)11-6-5-10(2)22-18(11)20(9)19(24)15-13(25-3)8-14(26-4)16(21)17(15)27-20/h5-6,8-9,12,23H,7H2,1-4H3/t9-,12-,20+/m1/s1. The zero-order chi connectivity index (χ0) is 19.5. The number of aryl methyl sites for hydroxylation is 1. The third kappa shape index (κ3) is 2.29. The second-order valence-electron chi connectivity index (χ2n) is 7.01. The van der Waals surface area contributed by atoms with Crippen molar-refractivity contribution < 1.29 is 24.1 Å². The first-order valence-corrected chi connectivity index (χ1v) is 9.07.